The first kappa shape index (κ1) is 18.5. The average molecular weight is 318 g/mol. The van der Waals surface area contributed by atoms with E-state index in [2.05, 4.69) is 0 Å². The largest absolute Gasteiger partial charge is 0.377 e. The fourth-order valence-electron chi connectivity index (χ4n) is 1.01. The van der Waals surface area contributed by atoms with Crippen molar-refractivity contribution in [3.8, 4) is 0 Å². The van der Waals surface area contributed by atoms with Gasteiger partial charge in [-0.25, -0.2) is 8.78 Å². The number of rotatable bonds is 7. The van der Waals surface area contributed by atoms with E-state index in [-0.39, 0.29) is 0 Å². The number of thioether (sulfide) groups is 1. The van der Waals surface area contributed by atoms with Crippen LogP contribution in [0.4, 0.5) is 35.1 Å². The van der Waals surface area contributed by atoms with Gasteiger partial charge in [0.25, 0.3) is 0 Å². The Morgan fingerprint density at radius 3 is 2.00 bits per heavy atom. The quantitative estimate of drug-likeness (QED) is 0.663. The summed E-state index contributed by atoms with van der Waals surface area (Å²) in [6, 6.07) is 0. The maximum absolute atomic E-state index is 13.0. The normalized spacial score (nSPS) is 15.4. The minimum Gasteiger partial charge on any atom is -0.288 e. The summed E-state index contributed by atoms with van der Waals surface area (Å²) in [4.78, 5) is 10.4. The van der Waals surface area contributed by atoms with E-state index in [1.54, 1.807) is 0 Å². The van der Waals surface area contributed by atoms with Gasteiger partial charge in [-0.3, -0.25) is 4.79 Å². The zero-order valence-electron chi connectivity index (χ0n) is 9.54. The second-order valence-corrected chi connectivity index (χ2v) is 4.90. The van der Waals surface area contributed by atoms with Crippen LogP contribution in [-0.4, -0.2) is 41.5 Å². The van der Waals surface area contributed by atoms with Crippen LogP contribution < -0.4 is 0 Å². The van der Waals surface area contributed by atoms with Gasteiger partial charge in [0, 0.05) is 12.7 Å². The molecule has 114 valence electrons. The van der Waals surface area contributed by atoms with Gasteiger partial charge in [-0.2, -0.15) is 26.3 Å². The minimum absolute atomic E-state index is 0.381. The lowest BCUT2D eigenvalue weighted by Gasteiger charge is -2.33. The highest BCUT2D eigenvalue weighted by Crippen LogP contribution is 2.49. The van der Waals surface area contributed by atoms with Crippen LogP contribution in [0.25, 0.3) is 0 Å². The number of hydrogen-bond donors (Lipinski definition) is 0. The van der Waals surface area contributed by atoms with E-state index in [4.69, 9.17) is 0 Å². The van der Waals surface area contributed by atoms with Crippen molar-refractivity contribution in [3.05, 3.63) is 0 Å². The summed E-state index contributed by atoms with van der Waals surface area (Å²) in [7, 11) is 0. The third-order valence-electron chi connectivity index (χ3n) is 2.12. The van der Waals surface area contributed by atoms with Crippen molar-refractivity contribution in [1.29, 1.82) is 0 Å². The van der Waals surface area contributed by atoms with Gasteiger partial charge in [-0.05, 0) is 6.42 Å². The van der Waals surface area contributed by atoms with Crippen molar-refractivity contribution < 1.29 is 39.9 Å². The second-order valence-electron chi connectivity index (χ2n) is 3.63. The van der Waals surface area contributed by atoms with Gasteiger partial charge in [0.1, 0.15) is 0 Å². The van der Waals surface area contributed by atoms with Crippen molar-refractivity contribution in [2.24, 2.45) is 0 Å². The van der Waals surface area contributed by atoms with Crippen molar-refractivity contribution >= 4 is 16.9 Å². The molecule has 0 rings (SSSR count). The summed E-state index contributed by atoms with van der Waals surface area (Å²) in [6.07, 6.45) is -4.86. The fourth-order valence-corrected chi connectivity index (χ4v) is 1.62. The van der Waals surface area contributed by atoms with Gasteiger partial charge in [0.2, 0.25) is 0 Å². The van der Waals surface area contributed by atoms with Crippen LogP contribution >= 0.6 is 11.8 Å². The van der Waals surface area contributed by atoms with Gasteiger partial charge in [0.05, 0.1) is 0 Å². The van der Waals surface area contributed by atoms with Gasteiger partial charge >= 0.3 is 17.8 Å². The molecule has 0 spiro atoms. The molecule has 1 atom stereocenters. The standard InChI is InChI=1S/C9H10F8OS/c1-5(18)19-3-2-6(11)8(14,15)9(16,17)7(12,13)4-10/h6H,2-4H2,1H3. The lowest BCUT2D eigenvalue weighted by molar-refractivity contribution is -0.327. The molecule has 1 nitrogen and oxygen atoms in total. The molecule has 0 saturated heterocycles. The maximum Gasteiger partial charge on any atom is 0.377 e. The summed E-state index contributed by atoms with van der Waals surface area (Å²) in [5, 5.41) is -0.573. The maximum atomic E-state index is 13.0. The molecule has 0 aromatic rings. The van der Waals surface area contributed by atoms with Gasteiger partial charge in [0.15, 0.2) is 18.0 Å². The summed E-state index contributed by atoms with van der Waals surface area (Å²) >= 11 is 0.381. The molecule has 0 amide bonds. The summed E-state index contributed by atoms with van der Waals surface area (Å²) in [5.74, 6) is -18.1. The summed E-state index contributed by atoms with van der Waals surface area (Å²) in [5.41, 5.74) is 0. The van der Waals surface area contributed by atoms with Gasteiger partial charge < -0.3 is 0 Å². The molecule has 10 heteroatoms. The Morgan fingerprint density at radius 2 is 1.63 bits per heavy atom. The Labute approximate surface area is 107 Å². The smallest absolute Gasteiger partial charge is 0.288 e. The molecule has 0 aromatic heterocycles. The molecular weight excluding hydrogens is 308 g/mol. The van der Waals surface area contributed by atoms with Crippen molar-refractivity contribution in [3.63, 3.8) is 0 Å². The third-order valence-corrected chi connectivity index (χ3v) is 2.96. The topological polar surface area (TPSA) is 17.1 Å². The molecule has 0 aliphatic heterocycles. The van der Waals surface area contributed by atoms with E-state index < -0.39 is 47.9 Å². The Morgan fingerprint density at radius 1 is 1.16 bits per heavy atom. The van der Waals surface area contributed by atoms with E-state index in [1.807, 2.05) is 0 Å². The highest BCUT2D eigenvalue weighted by Gasteiger charge is 2.74. The van der Waals surface area contributed by atoms with Crippen LogP contribution in [0.5, 0.6) is 0 Å². The monoisotopic (exact) mass is 318 g/mol. The van der Waals surface area contributed by atoms with Crippen LogP contribution in [0.3, 0.4) is 0 Å². The zero-order valence-corrected chi connectivity index (χ0v) is 10.4. The fraction of sp³-hybridized carbons (Fsp3) is 0.889. The molecular formula is C9H10F8OS. The molecule has 0 bridgehead atoms. The number of alkyl halides is 8. The highest BCUT2D eigenvalue weighted by atomic mass is 32.2. The Balaban J connectivity index is 4.88. The number of hydrogen-bond acceptors (Lipinski definition) is 2. The first-order valence-electron chi connectivity index (χ1n) is 4.87. The van der Waals surface area contributed by atoms with E-state index in [1.165, 1.54) is 0 Å². The Kier molecular flexibility index (Phi) is 6.10. The van der Waals surface area contributed by atoms with E-state index in [9.17, 15) is 39.9 Å². The Hall–Kier alpha value is -0.540. The lowest BCUT2D eigenvalue weighted by atomic mass is 9.99. The predicted octanol–water partition coefficient (Wildman–Crippen LogP) is 3.87. The lowest BCUT2D eigenvalue weighted by Crippen LogP contribution is -2.59. The minimum atomic E-state index is -6.16. The first-order valence-corrected chi connectivity index (χ1v) is 5.85. The van der Waals surface area contributed by atoms with E-state index in [0.717, 1.165) is 6.92 Å². The third kappa shape index (κ3) is 3.96. The Bertz CT molecular complexity index is 319. The molecule has 0 heterocycles. The van der Waals surface area contributed by atoms with Crippen LogP contribution in [0.2, 0.25) is 0 Å². The summed E-state index contributed by atoms with van der Waals surface area (Å²) < 4.78 is 101. The average Bonchev–Trinajstić information content (AvgIpc) is 2.27. The molecule has 0 N–H and O–H groups in total. The molecule has 0 aliphatic carbocycles. The molecule has 0 fully saturated rings. The number of carbonyl (C=O) groups is 1. The molecule has 1 unspecified atom stereocenters. The van der Waals surface area contributed by atoms with Crippen LogP contribution in [-0.2, 0) is 4.79 Å². The zero-order chi connectivity index (χ0) is 15.5. The number of halogens is 8. The second kappa shape index (κ2) is 6.27. The molecule has 0 radical (unpaired) electrons. The summed E-state index contributed by atoms with van der Waals surface area (Å²) in [6.45, 7) is -2.01. The molecule has 0 aromatic carbocycles. The molecule has 19 heavy (non-hydrogen) atoms. The van der Waals surface area contributed by atoms with Crippen molar-refractivity contribution in [1.82, 2.24) is 0 Å². The van der Waals surface area contributed by atoms with E-state index in [0.29, 0.717) is 11.8 Å². The number of carbonyl (C=O) groups excluding carboxylic acids is 1. The van der Waals surface area contributed by atoms with Crippen LogP contribution in [0, 0.1) is 0 Å². The molecule has 0 aliphatic rings. The van der Waals surface area contributed by atoms with Gasteiger partial charge in [-0.1, -0.05) is 11.8 Å². The molecule has 0 saturated carbocycles. The highest BCUT2D eigenvalue weighted by molar-refractivity contribution is 8.13. The van der Waals surface area contributed by atoms with E-state index >= 15 is 0 Å². The predicted molar refractivity (Wildman–Crippen MR) is 53.5 cm³/mol. The van der Waals surface area contributed by atoms with Gasteiger partial charge in [-0.15, -0.1) is 0 Å². The SMILES string of the molecule is CC(=O)SCCC(F)C(F)(F)C(F)(F)C(F)(F)CF. The van der Waals surface area contributed by atoms with Crippen LogP contribution in [0.15, 0.2) is 0 Å². The van der Waals surface area contributed by atoms with Crippen molar-refractivity contribution in [2.75, 3.05) is 12.4 Å². The first-order chi connectivity index (χ1) is 8.40. The van der Waals surface area contributed by atoms with Crippen molar-refractivity contribution in [2.45, 2.75) is 37.3 Å². The van der Waals surface area contributed by atoms with Crippen LogP contribution in [0.1, 0.15) is 13.3 Å².